The highest BCUT2D eigenvalue weighted by Gasteiger charge is 2.19. The molecule has 0 aliphatic rings. The molecule has 0 atom stereocenters. The molecular formula is C63H39N3. The first kappa shape index (κ1) is 38.7. The minimum absolute atomic E-state index is 0.627. The lowest BCUT2D eigenvalue weighted by Crippen LogP contribution is -1.96. The summed E-state index contributed by atoms with van der Waals surface area (Å²) in [6, 6.07) is 83.9. The van der Waals surface area contributed by atoms with Crippen molar-refractivity contribution >= 4 is 48.8 Å². The van der Waals surface area contributed by atoms with E-state index in [-0.39, 0.29) is 0 Å². The summed E-state index contributed by atoms with van der Waals surface area (Å²) in [4.78, 5) is 13.8. The maximum Gasteiger partial charge on any atom is 0.187 e. The van der Waals surface area contributed by atoms with Crippen molar-refractivity contribution in [3.63, 3.8) is 0 Å². The molecule has 3 heteroatoms. The van der Waals surface area contributed by atoms with Crippen molar-refractivity contribution in [2.24, 2.45) is 0 Å². The van der Waals surface area contributed by atoms with E-state index in [0.29, 0.717) is 11.5 Å². The van der Waals surface area contributed by atoms with Crippen molar-refractivity contribution in [2.75, 3.05) is 0 Å². The van der Waals surface area contributed by atoms with Gasteiger partial charge in [-0.05, 0) is 112 Å². The fourth-order valence-electron chi connectivity index (χ4n) is 9.62. The van der Waals surface area contributed by atoms with Crippen LogP contribution < -0.4 is 0 Å². The van der Waals surface area contributed by atoms with E-state index in [1.165, 1.54) is 65.3 Å². The summed E-state index contributed by atoms with van der Waals surface area (Å²) < 4.78 is 0. The van der Waals surface area contributed by atoms with Crippen molar-refractivity contribution < 1.29 is 0 Å². The molecule has 3 nitrogen and oxygen atoms in total. The molecule has 1 heterocycles. The average Bonchev–Trinajstić information content (AvgIpc) is 3.40. The largest absolute Gasteiger partial charge is 0.238 e. The smallest absolute Gasteiger partial charge is 0.187 e. The monoisotopic (exact) mass is 837 g/mol. The van der Waals surface area contributed by atoms with E-state index in [1.807, 2.05) is 42.5 Å². The van der Waals surface area contributed by atoms with Crippen LogP contribution in [0.1, 0.15) is 0 Å². The molecule has 0 radical (unpaired) electrons. The molecule has 12 aromatic rings. The van der Waals surface area contributed by atoms with Crippen LogP contribution in [0.5, 0.6) is 0 Å². The fraction of sp³-hybridized carbons (Fsp3) is 0. The van der Waals surface area contributed by atoms with Gasteiger partial charge in [0.25, 0.3) is 0 Å². The topological polar surface area (TPSA) is 30.1 Å². The molecule has 0 unspecified atom stereocenters. The number of nitrogens with zero attached hydrogens (tertiary/aromatic N) is 3. The average molecular weight is 838 g/mol. The van der Waals surface area contributed by atoms with Gasteiger partial charge in [0, 0.05) is 16.7 Å². The number of rotatable bonds is 7. The van der Waals surface area contributed by atoms with Crippen LogP contribution in [-0.4, -0.2) is 9.97 Å². The predicted molar refractivity (Wildman–Crippen MR) is 276 cm³/mol. The molecule has 1 aromatic heterocycles. The van der Waals surface area contributed by atoms with Gasteiger partial charge in [-0.1, -0.05) is 212 Å². The summed E-state index contributed by atoms with van der Waals surface area (Å²) in [5.41, 5.74) is 14.7. The van der Waals surface area contributed by atoms with Crippen molar-refractivity contribution in [3.8, 4) is 78.4 Å². The van der Waals surface area contributed by atoms with Gasteiger partial charge in [0.15, 0.2) is 11.5 Å². The van der Waals surface area contributed by atoms with E-state index in [2.05, 4.69) is 199 Å². The molecule has 0 N–H and O–H groups in total. The third-order valence-corrected chi connectivity index (χ3v) is 12.9. The second-order valence-corrected chi connectivity index (χ2v) is 16.8. The van der Waals surface area contributed by atoms with Crippen LogP contribution in [0.2, 0.25) is 0 Å². The number of aromatic nitrogens is 2. The minimum Gasteiger partial charge on any atom is -0.238 e. The van der Waals surface area contributed by atoms with Crippen LogP contribution in [0.4, 0.5) is 5.69 Å². The van der Waals surface area contributed by atoms with Gasteiger partial charge >= 0.3 is 0 Å². The lowest BCUT2D eigenvalue weighted by atomic mass is 9.83. The predicted octanol–water partition coefficient (Wildman–Crippen LogP) is 17.3. The first-order chi connectivity index (χ1) is 32.6. The Morgan fingerprint density at radius 1 is 0.288 bits per heavy atom. The maximum atomic E-state index is 7.35. The molecule has 306 valence electrons. The first-order valence-corrected chi connectivity index (χ1v) is 22.2. The van der Waals surface area contributed by atoms with Gasteiger partial charge in [-0.25, -0.2) is 14.8 Å². The third-order valence-electron chi connectivity index (χ3n) is 12.9. The fourth-order valence-corrected chi connectivity index (χ4v) is 9.62. The second-order valence-electron chi connectivity index (χ2n) is 16.8. The number of benzene rings is 11. The van der Waals surface area contributed by atoms with E-state index < -0.39 is 0 Å². The highest BCUT2D eigenvalue weighted by molar-refractivity contribution is 6.28. The van der Waals surface area contributed by atoms with Crippen molar-refractivity contribution in [1.29, 1.82) is 0 Å². The van der Waals surface area contributed by atoms with E-state index in [4.69, 9.17) is 16.5 Å². The van der Waals surface area contributed by atoms with Crippen LogP contribution >= 0.6 is 0 Å². The Balaban J connectivity index is 0.918. The highest BCUT2D eigenvalue weighted by atomic mass is 14.9. The van der Waals surface area contributed by atoms with E-state index in [9.17, 15) is 0 Å². The zero-order chi connectivity index (χ0) is 44.0. The third kappa shape index (κ3) is 6.95. The van der Waals surface area contributed by atoms with Gasteiger partial charge in [-0.3, -0.25) is 0 Å². The van der Waals surface area contributed by atoms with Crippen molar-refractivity contribution in [1.82, 2.24) is 9.97 Å². The van der Waals surface area contributed by atoms with Crippen LogP contribution in [0.25, 0.3) is 126 Å². The number of hydrogen-bond acceptors (Lipinski definition) is 2. The van der Waals surface area contributed by atoms with Gasteiger partial charge in [-0.15, -0.1) is 0 Å². The van der Waals surface area contributed by atoms with Crippen LogP contribution in [0.3, 0.4) is 0 Å². The number of fused-ring (bicyclic) bond motifs is 5. The molecule has 66 heavy (non-hydrogen) atoms. The second kappa shape index (κ2) is 16.3. The summed E-state index contributed by atoms with van der Waals surface area (Å²) in [6.07, 6.45) is 0. The van der Waals surface area contributed by atoms with E-state index in [0.717, 1.165) is 50.3 Å². The molecule has 12 rings (SSSR count). The molecule has 0 saturated carbocycles. The zero-order valence-electron chi connectivity index (χ0n) is 35.9. The van der Waals surface area contributed by atoms with Gasteiger partial charge in [0.2, 0.25) is 0 Å². The Hall–Kier alpha value is -8.97. The van der Waals surface area contributed by atoms with Crippen LogP contribution in [0.15, 0.2) is 237 Å². The Kier molecular flexibility index (Phi) is 9.55. The summed E-state index contributed by atoms with van der Waals surface area (Å²) in [6.45, 7) is 7.35. The Bertz CT molecular complexity index is 3850. The van der Waals surface area contributed by atoms with Crippen molar-refractivity contribution in [3.05, 3.63) is 248 Å². The van der Waals surface area contributed by atoms with Crippen molar-refractivity contribution in [2.45, 2.75) is 0 Å². The maximum absolute atomic E-state index is 7.35. The lowest BCUT2D eigenvalue weighted by Gasteiger charge is -2.19. The van der Waals surface area contributed by atoms with Gasteiger partial charge in [-0.2, -0.15) is 0 Å². The molecule has 0 bridgehead atoms. The molecule has 0 aliphatic heterocycles. The molecule has 11 aromatic carbocycles. The van der Waals surface area contributed by atoms with Crippen LogP contribution in [-0.2, 0) is 0 Å². The highest BCUT2D eigenvalue weighted by Crippen LogP contribution is 2.47. The molecule has 0 spiro atoms. The van der Waals surface area contributed by atoms with E-state index >= 15 is 0 Å². The summed E-state index contributed by atoms with van der Waals surface area (Å²) in [7, 11) is 0. The Morgan fingerprint density at radius 3 is 1.50 bits per heavy atom. The molecular weight excluding hydrogens is 799 g/mol. The first-order valence-electron chi connectivity index (χ1n) is 22.2. The molecule has 0 aliphatic carbocycles. The number of hydrogen-bond donors (Lipinski definition) is 0. The molecule has 0 saturated heterocycles. The van der Waals surface area contributed by atoms with Crippen LogP contribution in [0, 0.1) is 6.57 Å². The quantitative estimate of drug-likeness (QED) is 0.0909. The Morgan fingerprint density at radius 2 is 0.788 bits per heavy atom. The standard InChI is InChI=1S/C63H39N3/c1-64-53-34-31-42(32-35-53)47-18-12-19-51(38-47)59-40-58(65-63(66-59)46-16-6-3-7-17-46)44-25-23-41(24-26-44)48-27-28-50-39-52(30-29-49(50)37-48)61-56-22-11-10-21-55(56)60(45-14-4-2-5-15-45)57-36-33-43-13-8-9-20-54(43)62(57)61/h2-40H. The summed E-state index contributed by atoms with van der Waals surface area (Å²) in [5, 5.41) is 9.94. The van der Waals surface area contributed by atoms with Gasteiger partial charge in [0.1, 0.15) is 0 Å². The molecule has 0 fully saturated rings. The Labute approximate surface area is 383 Å². The van der Waals surface area contributed by atoms with Gasteiger partial charge in [0.05, 0.1) is 18.0 Å². The minimum atomic E-state index is 0.627. The van der Waals surface area contributed by atoms with Gasteiger partial charge < -0.3 is 0 Å². The summed E-state index contributed by atoms with van der Waals surface area (Å²) >= 11 is 0. The zero-order valence-corrected chi connectivity index (χ0v) is 35.9. The SMILES string of the molecule is [C-]#[N+]c1ccc(-c2cccc(-c3cc(-c4ccc(-c5ccc6cc(-c7c8ccccc8c(-c8ccccc8)c8ccc9ccccc9c78)ccc6c5)cc4)nc(-c4ccccc4)n3)c2)cc1. The lowest BCUT2D eigenvalue weighted by molar-refractivity contribution is 1.18. The summed E-state index contributed by atoms with van der Waals surface area (Å²) in [5.74, 6) is 0.675. The molecule has 0 amide bonds. The normalized spacial score (nSPS) is 11.3. The van der Waals surface area contributed by atoms with E-state index in [1.54, 1.807) is 0 Å².